The predicted molar refractivity (Wildman–Crippen MR) is 166 cm³/mol. The normalized spacial score (nSPS) is 15.7. The Bertz CT molecular complexity index is 1190. The van der Waals surface area contributed by atoms with Crippen molar-refractivity contribution < 1.29 is 49.2 Å². The number of carboxylic acids is 1. The maximum atomic E-state index is 13.1. The molecule has 16 heteroatoms. The quantitative estimate of drug-likeness (QED) is 0.0771. The van der Waals surface area contributed by atoms with Crippen molar-refractivity contribution in [1.29, 1.82) is 0 Å². The van der Waals surface area contributed by atoms with E-state index in [2.05, 4.69) is 21.3 Å². The molecule has 0 heterocycles. The molecule has 0 aliphatic rings. The summed E-state index contributed by atoms with van der Waals surface area (Å²) in [6.07, 6.45) is -0.658. The first-order valence-corrected chi connectivity index (χ1v) is 15.0. The van der Waals surface area contributed by atoms with Crippen molar-refractivity contribution in [1.82, 2.24) is 26.6 Å². The number of hydrogen-bond acceptors (Lipinski definition) is 10. The maximum absolute atomic E-state index is 13.1. The lowest BCUT2D eigenvalue weighted by molar-refractivity contribution is -0.144. The fraction of sp³-hybridized carbons (Fsp3) is 0.600. The van der Waals surface area contributed by atoms with Gasteiger partial charge in [-0.15, -0.1) is 0 Å². The second-order valence-electron chi connectivity index (χ2n) is 11.6. The number of carboxylic acid groups (broad SMARTS) is 1. The van der Waals surface area contributed by atoms with Crippen molar-refractivity contribution in [3.63, 3.8) is 0 Å². The molecule has 0 radical (unpaired) electrons. The van der Waals surface area contributed by atoms with Crippen LogP contribution < -0.4 is 32.3 Å². The van der Waals surface area contributed by atoms with Crippen LogP contribution in [0.1, 0.15) is 53.0 Å². The van der Waals surface area contributed by atoms with Crippen LogP contribution in [0.25, 0.3) is 0 Å². The number of carbonyl (C=O) groups is 6. The first kappa shape index (κ1) is 39.7. The predicted octanol–water partition coefficient (Wildman–Crippen LogP) is -2.13. The molecule has 0 spiro atoms. The Balaban J connectivity index is 2.89. The number of phenols is 1. The molecule has 16 nitrogen and oxygen atoms in total. The molecular weight excluding hydrogens is 604 g/mol. The third-order valence-corrected chi connectivity index (χ3v) is 7.16. The van der Waals surface area contributed by atoms with Gasteiger partial charge < -0.3 is 52.7 Å². The Morgan fingerprint density at radius 2 is 1.37 bits per heavy atom. The van der Waals surface area contributed by atoms with Crippen LogP contribution >= 0.6 is 0 Å². The molecule has 0 fully saturated rings. The smallest absolute Gasteiger partial charge is 0.328 e. The second kappa shape index (κ2) is 19.3. The van der Waals surface area contributed by atoms with E-state index in [1.165, 1.54) is 19.1 Å². The average molecular weight is 653 g/mol. The number of amides is 5. The zero-order valence-corrected chi connectivity index (χ0v) is 26.8. The Morgan fingerprint density at radius 1 is 0.804 bits per heavy atom. The zero-order valence-electron chi connectivity index (χ0n) is 26.8. The molecule has 0 unspecified atom stereocenters. The van der Waals surface area contributed by atoms with Crippen molar-refractivity contribution in [3.05, 3.63) is 29.8 Å². The van der Waals surface area contributed by atoms with Crippen LogP contribution in [-0.2, 0) is 35.2 Å². The van der Waals surface area contributed by atoms with Crippen molar-refractivity contribution in [2.75, 3.05) is 13.2 Å². The number of aromatic hydroxyl groups is 1. The SMILES string of the molecule is CC[C@H](C)[C@H](NC(=O)CNC(=O)[C@H](CC(C)C)NC(=O)[C@@H](N)Cc1ccc(O)cc1)C(=O)N[C@H](C(=O)N[C@@H](CO)C(=O)O)[C@@H](C)O. The molecule has 0 aromatic heterocycles. The molecule has 0 saturated heterocycles. The number of benzene rings is 1. The molecular formula is C30H48N6O10. The summed E-state index contributed by atoms with van der Waals surface area (Å²) in [5, 5.41) is 49.7. The molecule has 5 amide bonds. The molecule has 0 saturated carbocycles. The van der Waals surface area contributed by atoms with Gasteiger partial charge in [-0.25, -0.2) is 4.79 Å². The summed E-state index contributed by atoms with van der Waals surface area (Å²) in [5.74, 6) is -5.84. The molecule has 1 aromatic carbocycles. The highest BCUT2D eigenvalue weighted by atomic mass is 16.4. The van der Waals surface area contributed by atoms with Gasteiger partial charge in [-0.1, -0.05) is 46.2 Å². The molecule has 0 bridgehead atoms. The molecule has 0 aliphatic heterocycles. The zero-order chi connectivity index (χ0) is 35.1. The van der Waals surface area contributed by atoms with Gasteiger partial charge >= 0.3 is 5.97 Å². The van der Waals surface area contributed by atoms with E-state index in [-0.39, 0.29) is 24.5 Å². The minimum Gasteiger partial charge on any atom is -0.508 e. The van der Waals surface area contributed by atoms with Crippen molar-refractivity contribution in [3.8, 4) is 5.75 Å². The van der Waals surface area contributed by atoms with Gasteiger partial charge in [0.15, 0.2) is 0 Å². The highest BCUT2D eigenvalue weighted by molar-refractivity contribution is 5.95. The summed E-state index contributed by atoms with van der Waals surface area (Å²) in [5.41, 5.74) is 6.75. The summed E-state index contributed by atoms with van der Waals surface area (Å²) in [6, 6.07) is -0.310. The number of aliphatic carboxylic acids is 1. The first-order chi connectivity index (χ1) is 21.5. The van der Waals surface area contributed by atoms with Crippen LogP contribution in [0.4, 0.5) is 0 Å². The molecule has 0 aliphatic carbocycles. The van der Waals surface area contributed by atoms with E-state index in [0.29, 0.717) is 12.0 Å². The lowest BCUT2D eigenvalue weighted by Gasteiger charge is -2.28. The molecule has 46 heavy (non-hydrogen) atoms. The standard InChI is InChI=1S/C30H48N6O10/c1-6-16(4)24(28(43)36-25(17(5)38)29(44)34-22(14-37)30(45)46)35-23(40)13-32-27(42)21(11-15(2)3)33-26(41)20(31)12-18-7-9-19(39)10-8-18/h7-10,15-17,20-22,24-25,37-39H,6,11-14,31H2,1-5H3,(H,32,42)(H,33,41)(H,34,44)(H,35,40)(H,36,43)(H,45,46)/t16-,17+,20-,21-,22-,24-,25-/m0/s1. The fourth-order valence-electron chi connectivity index (χ4n) is 4.27. The summed E-state index contributed by atoms with van der Waals surface area (Å²) < 4.78 is 0. The van der Waals surface area contributed by atoms with Gasteiger partial charge in [0.1, 0.15) is 29.9 Å². The molecule has 1 aromatic rings. The van der Waals surface area contributed by atoms with Crippen LogP contribution in [0, 0.1) is 11.8 Å². The van der Waals surface area contributed by atoms with Gasteiger partial charge in [0.25, 0.3) is 0 Å². The molecule has 7 atom stereocenters. The van der Waals surface area contributed by atoms with Crippen LogP contribution in [0.5, 0.6) is 5.75 Å². The van der Waals surface area contributed by atoms with E-state index >= 15 is 0 Å². The van der Waals surface area contributed by atoms with E-state index < -0.39 is 90.9 Å². The van der Waals surface area contributed by atoms with Gasteiger partial charge in [0.2, 0.25) is 29.5 Å². The number of phenolic OH excluding ortho intramolecular Hbond substituents is 1. The monoisotopic (exact) mass is 652 g/mol. The Morgan fingerprint density at radius 3 is 1.87 bits per heavy atom. The van der Waals surface area contributed by atoms with Gasteiger partial charge in [-0.05, 0) is 49.3 Å². The van der Waals surface area contributed by atoms with E-state index in [1.807, 2.05) is 19.2 Å². The lowest BCUT2D eigenvalue weighted by atomic mass is 9.97. The Kier molecular flexibility index (Phi) is 16.7. The van der Waals surface area contributed by atoms with Gasteiger partial charge in [0, 0.05) is 0 Å². The topological polar surface area (TPSA) is 270 Å². The average Bonchev–Trinajstić information content (AvgIpc) is 2.99. The molecule has 258 valence electrons. The van der Waals surface area contributed by atoms with E-state index in [9.17, 15) is 44.1 Å². The van der Waals surface area contributed by atoms with E-state index in [0.717, 1.165) is 0 Å². The number of hydrogen-bond donors (Lipinski definition) is 10. The number of nitrogens with two attached hydrogens (primary N) is 1. The van der Waals surface area contributed by atoms with Crippen molar-refractivity contribution in [2.45, 2.75) is 90.2 Å². The van der Waals surface area contributed by atoms with Crippen LogP contribution in [-0.4, -0.2) is 105 Å². The summed E-state index contributed by atoms with van der Waals surface area (Å²) in [4.78, 5) is 75.5. The van der Waals surface area contributed by atoms with Gasteiger partial charge in [0.05, 0.1) is 25.3 Å². The van der Waals surface area contributed by atoms with Gasteiger partial charge in [-0.3, -0.25) is 24.0 Å². The summed E-state index contributed by atoms with van der Waals surface area (Å²) in [6.45, 7) is 6.81. The Hall–Kier alpha value is -4.28. The molecule has 11 N–H and O–H groups in total. The number of nitrogens with one attached hydrogen (secondary N) is 5. The lowest BCUT2D eigenvalue weighted by Crippen LogP contribution is -2.61. The van der Waals surface area contributed by atoms with E-state index in [1.54, 1.807) is 26.0 Å². The largest absolute Gasteiger partial charge is 0.508 e. The van der Waals surface area contributed by atoms with Crippen LogP contribution in [0.3, 0.4) is 0 Å². The number of aliphatic hydroxyl groups excluding tert-OH is 2. The minimum atomic E-state index is -1.67. The van der Waals surface area contributed by atoms with Gasteiger partial charge in [-0.2, -0.15) is 0 Å². The summed E-state index contributed by atoms with van der Waals surface area (Å²) >= 11 is 0. The highest BCUT2D eigenvalue weighted by Gasteiger charge is 2.34. The van der Waals surface area contributed by atoms with Crippen LogP contribution in [0.15, 0.2) is 24.3 Å². The summed E-state index contributed by atoms with van der Waals surface area (Å²) in [7, 11) is 0. The Labute approximate surface area is 267 Å². The third kappa shape index (κ3) is 13.4. The first-order valence-electron chi connectivity index (χ1n) is 15.0. The maximum Gasteiger partial charge on any atom is 0.328 e. The van der Waals surface area contributed by atoms with Crippen LogP contribution in [0.2, 0.25) is 0 Å². The highest BCUT2D eigenvalue weighted by Crippen LogP contribution is 2.12. The number of aliphatic hydroxyl groups is 2. The van der Waals surface area contributed by atoms with Crippen molar-refractivity contribution in [2.24, 2.45) is 17.6 Å². The van der Waals surface area contributed by atoms with E-state index in [4.69, 9.17) is 10.8 Å². The third-order valence-electron chi connectivity index (χ3n) is 7.16. The number of carbonyl (C=O) groups excluding carboxylic acids is 5. The van der Waals surface area contributed by atoms with Crippen molar-refractivity contribution >= 4 is 35.5 Å². The minimum absolute atomic E-state index is 0.0149. The fourth-order valence-corrected chi connectivity index (χ4v) is 4.27. The second-order valence-corrected chi connectivity index (χ2v) is 11.6. The number of rotatable bonds is 19. The molecule has 1 rings (SSSR count).